The van der Waals surface area contributed by atoms with Crippen LogP contribution in [0.2, 0.25) is 0 Å². The standard InChI is InChI=1S/C10H6F3N3O/c11-10(12,13)8(17)7-5-15-9(16-7)6-1-3-14-4-2-6/h1-5H,(H,15,16). The fraction of sp³-hybridized carbons (Fsp3) is 0.100. The summed E-state index contributed by atoms with van der Waals surface area (Å²) in [6.45, 7) is 0. The predicted octanol–water partition coefficient (Wildman–Crippen LogP) is 2.22. The number of aromatic nitrogens is 3. The van der Waals surface area contributed by atoms with Crippen LogP contribution in [0.25, 0.3) is 11.4 Å². The molecule has 2 aromatic rings. The molecule has 0 unspecified atom stereocenters. The average Bonchev–Trinajstić information content (AvgIpc) is 2.77. The van der Waals surface area contributed by atoms with Crippen LogP contribution in [0, 0.1) is 0 Å². The Morgan fingerprint density at radius 2 is 1.88 bits per heavy atom. The van der Waals surface area contributed by atoms with Gasteiger partial charge in [-0.3, -0.25) is 9.78 Å². The van der Waals surface area contributed by atoms with Crippen LogP contribution in [0.3, 0.4) is 0 Å². The summed E-state index contributed by atoms with van der Waals surface area (Å²) in [6, 6.07) is 3.14. The van der Waals surface area contributed by atoms with Gasteiger partial charge in [-0.1, -0.05) is 0 Å². The first-order valence-electron chi connectivity index (χ1n) is 4.55. The first-order chi connectivity index (χ1) is 7.98. The van der Waals surface area contributed by atoms with Gasteiger partial charge < -0.3 is 4.98 Å². The highest BCUT2D eigenvalue weighted by Gasteiger charge is 2.40. The molecule has 2 aromatic heterocycles. The molecule has 0 radical (unpaired) electrons. The maximum absolute atomic E-state index is 12.1. The number of H-pyrrole nitrogens is 1. The zero-order valence-electron chi connectivity index (χ0n) is 8.32. The van der Waals surface area contributed by atoms with Crippen molar-refractivity contribution in [2.24, 2.45) is 0 Å². The number of ketones is 1. The summed E-state index contributed by atoms with van der Waals surface area (Å²) in [7, 11) is 0. The molecule has 0 fully saturated rings. The molecule has 0 aliphatic carbocycles. The van der Waals surface area contributed by atoms with Crippen molar-refractivity contribution in [3.05, 3.63) is 36.4 Å². The maximum atomic E-state index is 12.1. The topological polar surface area (TPSA) is 58.6 Å². The Labute approximate surface area is 93.5 Å². The lowest BCUT2D eigenvalue weighted by molar-refractivity contribution is -0.0888. The summed E-state index contributed by atoms with van der Waals surface area (Å²) in [5.74, 6) is -1.75. The number of halogens is 3. The third-order valence-electron chi connectivity index (χ3n) is 2.03. The molecule has 0 aliphatic heterocycles. The van der Waals surface area contributed by atoms with E-state index in [1.165, 1.54) is 12.4 Å². The van der Waals surface area contributed by atoms with Crippen molar-refractivity contribution in [1.29, 1.82) is 0 Å². The van der Waals surface area contributed by atoms with Crippen LogP contribution < -0.4 is 0 Å². The maximum Gasteiger partial charge on any atom is 0.456 e. The number of Topliss-reactive ketones (excluding diaryl/α,β-unsaturated/α-hetero) is 1. The molecule has 88 valence electrons. The van der Waals surface area contributed by atoms with E-state index in [2.05, 4.69) is 15.0 Å². The molecular weight excluding hydrogens is 235 g/mol. The van der Waals surface area contributed by atoms with Gasteiger partial charge in [0.05, 0.1) is 6.20 Å². The van der Waals surface area contributed by atoms with Gasteiger partial charge in [-0.25, -0.2) is 4.98 Å². The van der Waals surface area contributed by atoms with Crippen LogP contribution in [0.5, 0.6) is 0 Å². The highest BCUT2D eigenvalue weighted by Crippen LogP contribution is 2.22. The number of carbonyl (C=O) groups excluding carboxylic acids is 1. The SMILES string of the molecule is O=C(c1cnc(-c2ccncc2)[nH]1)C(F)(F)F. The van der Waals surface area contributed by atoms with E-state index in [0.717, 1.165) is 6.20 Å². The Morgan fingerprint density at radius 1 is 1.24 bits per heavy atom. The van der Waals surface area contributed by atoms with Crippen LogP contribution in [0.1, 0.15) is 10.5 Å². The number of nitrogens with one attached hydrogen (secondary N) is 1. The third-order valence-corrected chi connectivity index (χ3v) is 2.03. The smallest absolute Gasteiger partial charge is 0.335 e. The summed E-state index contributed by atoms with van der Waals surface area (Å²) >= 11 is 0. The van der Waals surface area contributed by atoms with E-state index in [1.807, 2.05) is 0 Å². The van der Waals surface area contributed by atoms with E-state index < -0.39 is 17.7 Å². The van der Waals surface area contributed by atoms with Gasteiger partial charge in [0.2, 0.25) is 0 Å². The second kappa shape index (κ2) is 4.00. The second-order valence-corrected chi connectivity index (χ2v) is 3.21. The molecule has 2 rings (SSSR count). The minimum atomic E-state index is -4.90. The van der Waals surface area contributed by atoms with Gasteiger partial charge in [0.1, 0.15) is 11.5 Å². The van der Waals surface area contributed by atoms with Crippen molar-refractivity contribution in [3.63, 3.8) is 0 Å². The molecule has 0 spiro atoms. The van der Waals surface area contributed by atoms with Crippen molar-refractivity contribution < 1.29 is 18.0 Å². The zero-order chi connectivity index (χ0) is 12.5. The molecule has 0 aliphatic rings. The molecule has 2 heterocycles. The summed E-state index contributed by atoms with van der Waals surface area (Å²) in [5.41, 5.74) is -0.0227. The van der Waals surface area contributed by atoms with Crippen molar-refractivity contribution in [2.75, 3.05) is 0 Å². The number of pyridine rings is 1. The molecule has 0 saturated heterocycles. The number of nitrogens with zero attached hydrogens (tertiary/aromatic N) is 2. The number of alkyl halides is 3. The number of hydrogen-bond donors (Lipinski definition) is 1. The Morgan fingerprint density at radius 3 is 2.47 bits per heavy atom. The molecule has 0 aromatic carbocycles. The largest absolute Gasteiger partial charge is 0.456 e. The quantitative estimate of drug-likeness (QED) is 0.820. The zero-order valence-corrected chi connectivity index (χ0v) is 8.32. The van der Waals surface area contributed by atoms with E-state index >= 15 is 0 Å². The number of rotatable bonds is 2. The normalized spacial score (nSPS) is 11.5. The number of hydrogen-bond acceptors (Lipinski definition) is 3. The average molecular weight is 241 g/mol. The minimum Gasteiger partial charge on any atom is -0.335 e. The van der Waals surface area contributed by atoms with Crippen LogP contribution in [-0.4, -0.2) is 26.9 Å². The Bertz CT molecular complexity index is 533. The van der Waals surface area contributed by atoms with Gasteiger partial charge in [0.15, 0.2) is 0 Å². The first kappa shape index (κ1) is 11.3. The van der Waals surface area contributed by atoms with Crippen LogP contribution in [0.4, 0.5) is 13.2 Å². The van der Waals surface area contributed by atoms with Gasteiger partial charge in [0, 0.05) is 18.0 Å². The number of aromatic amines is 1. The number of imidazole rings is 1. The van der Waals surface area contributed by atoms with Gasteiger partial charge in [-0.05, 0) is 12.1 Å². The molecule has 0 saturated carbocycles. The van der Waals surface area contributed by atoms with Crippen LogP contribution in [-0.2, 0) is 0 Å². The first-order valence-corrected chi connectivity index (χ1v) is 4.55. The fourth-order valence-corrected chi connectivity index (χ4v) is 1.25. The van der Waals surface area contributed by atoms with E-state index in [9.17, 15) is 18.0 Å². The van der Waals surface area contributed by atoms with Crippen molar-refractivity contribution in [2.45, 2.75) is 6.18 Å². The summed E-state index contributed by atoms with van der Waals surface area (Å²) in [4.78, 5) is 20.7. The van der Waals surface area contributed by atoms with E-state index in [0.29, 0.717) is 5.56 Å². The van der Waals surface area contributed by atoms with E-state index in [4.69, 9.17) is 0 Å². The van der Waals surface area contributed by atoms with Gasteiger partial charge >= 0.3 is 6.18 Å². The molecular formula is C10H6F3N3O. The highest BCUT2D eigenvalue weighted by molar-refractivity contribution is 5.98. The van der Waals surface area contributed by atoms with Crippen molar-refractivity contribution in [3.8, 4) is 11.4 Å². The molecule has 0 amide bonds. The van der Waals surface area contributed by atoms with Crippen LogP contribution >= 0.6 is 0 Å². The number of carbonyl (C=O) groups is 1. The summed E-state index contributed by atoms with van der Waals surface area (Å²) in [5, 5.41) is 0. The molecule has 4 nitrogen and oxygen atoms in total. The third kappa shape index (κ3) is 2.32. The van der Waals surface area contributed by atoms with Gasteiger partial charge in [-0.15, -0.1) is 0 Å². The molecule has 0 atom stereocenters. The Hall–Kier alpha value is -2.18. The molecule has 17 heavy (non-hydrogen) atoms. The summed E-state index contributed by atoms with van der Waals surface area (Å²) < 4.78 is 36.4. The van der Waals surface area contributed by atoms with E-state index in [1.54, 1.807) is 12.1 Å². The highest BCUT2D eigenvalue weighted by atomic mass is 19.4. The Balaban J connectivity index is 2.32. The molecule has 1 N–H and O–H groups in total. The monoisotopic (exact) mass is 241 g/mol. The van der Waals surface area contributed by atoms with Crippen molar-refractivity contribution in [1.82, 2.24) is 15.0 Å². The van der Waals surface area contributed by atoms with Gasteiger partial charge in [0.25, 0.3) is 5.78 Å². The van der Waals surface area contributed by atoms with Gasteiger partial charge in [-0.2, -0.15) is 13.2 Å². The second-order valence-electron chi connectivity index (χ2n) is 3.21. The lowest BCUT2D eigenvalue weighted by atomic mass is 10.2. The summed E-state index contributed by atoms with van der Waals surface area (Å²) in [6.07, 6.45) is -1.08. The predicted molar refractivity (Wildman–Crippen MR) is 52.2 cm³/mol. The fourth-order valence-electron chi connectivity index (χ4n) is 1.25. The molecule has 0 bridgehead atoms. The lowest BCUT2D eigenvalue weighted by Gasteiger charge is -2.01. The minimum absolute atomic E-state index is 0.194. The van der Waals surface area contributed by atoms with E-state index in [-0.39, 0.29) is 5.82 Å². The van der Waals surface area contributed by atoms with Crippen LogP contribution in [0.15, 0.2) is 30.7 Å². The van der Waals surface area contributed by atoms with Crippen molar-refractivity contribution >= 4 is 5.78 Å². The molecule has 7 heteroatoms. The Kier molecular flexibility index (Phi) is 2.66. The lowest BCUT2D eigenvalue weighted by Crippen LogP contribution is -2.22.